The average molecular weight is 162 g/mol. The molecule has 0 aromatic heterocycles. The molecular weight excluding hydrogens is 157 g/mol. The fraction of sp³-hybridized carbons (Fsp3) is 1.00. The van der Waals surface area contributed by atoms with Crippen LogP contribution >= 0.6 is 0 Å². The van der Waals surface area contributed by atoms with Gasteiger partial charge in [-0.05, 0) is 0 Å². The lowest BCUT2D eigenvalue weighted by molar-refractivity contribution is -0.742. The minimum atomic E-state index is -3.04. The van der Waals surface area contributed by atoms with E-state index in [0.29, 0.717) is 0 Å². The molecule has 0 heterocycles. The molecule has 0 amide bonds. The Hall–Kier alpha value is -1.05. The van der Waals surface area contributed by atoms with Crippen molar-refractivity contribution in [2.24, 2.45) is 5.73 Å². The van der Waals surface area contributed by atoms with Crippen molar-refractivity contribution in [2.45, 2.75) is 12.7 Å². The summed E-state index contributed by atoms with van der Waals surface area (Å²) in [7, 11) is 0. The normalized spacial score (nSPS) is 11.7. The Bertz CT molecular complexity index is 87.7. The van der Waals surface area contributed by atoms with E-state index in [9.17, 15) is 13.2 Å². The topological polar surface area (TPSA) is 89.4 Å². The van der Waals surface area contributed by atoms with E-state index in [1.54, 1.807) is 0 Å². The third-order valence-corrected chi connectivity index (χ3v) is 0.241. The van der Waals surface area contributed by atoms with Crippen LogP contribution in [0.15, 0.2) is 0 Å². The number of hydrogen-bond acceptors (Lipinski definition) is 3. The van der Waals surface area contributed by atoms with Crippen molar-refractivity contribution in [1.82, 2.24) is 0 Å². The smallest absolute Gasteiger partial charge is 0.291 e. The highest BCUT2D eigenvalue weighted by molar-refractivity contribution is 4.42. The van der Waals surface area contributed by atoms with Gasteiger partial charge in [-0.15, -0.1) is 10.1 Å². The largest absolute Gasteiger partial charge is 0.328 e. The van der Waals surface area contributed by atoms with Crippen LogP contribution in [0.1, 0.15) is 0 Å². The Morgan fingerprint density at radius 1 is 1.50 bits per heavy atom. The van der Waals surface area contributed by atoms with Gasteiger partial charge >= 0.3 is 0 Å². The molecule has 0 radical (unpaired) electrons. The molecule has 0 saturated heterocycles. The van der Waals surface area contributed by atoms with Crippen molar-refractivity contribution in [1.29, 1.82) is 0 Å². The summed E-state index contributed by atoms with van der Waals surface area (Å²) >= 11 is 0. The number of nitrogens with two attached hydrogens (primary N) is 1. The van der Waals surface area contributed by atoms with Gasteiger partial charge in [0.1, 0.15) is 0 Å². The number of rotatable bonds is 1. The molecule has 0 spiro atoms. The maximum absolute atomic E-state index is 10.9. The molecule has 0 aromatic rings. The van der Waals surface area contributed by atoms with Crippen LogP contribution in [0.5, 0.6) is 0 Å². The Kier molecular flexibility index (Phi) is 7.12. The predicted molar refractivity (Wildman–Crippen MR) is 23.9 cm³/mol. The first-order valence-electron chi connectivity index (χ1n) is 1.89. The summed E-state index contributed by atoms with van der Waals surface area (Å²) in [5.74, 6) is 0. The lowest BCUT2D eigenvalue weighted by Gasteiger charge is -1.93. The number of halogens is 3. The number of nitrogens with zero attached hydrogens (tertiary/aromatic N) is 1. The Balaban J connectivity index is 0. The molecule has 8 heteroatoms. The Morgan fingerprint density at radius 3 is 1.60 bits per heavy atom. The molecule has 3 N–H and O–H groups in total. The predicted octanol–water partition coefficient (Wildman–Crippen LogP) is 0.158. The zero-order chi connectivity index (χ0) is 8.73. The zero-order valence-corrected chi connectivity index (χ0v) is 4.58. The van der Waals surface area contributed by atoms with Crippen LogP contribution in [-0.4, -0.2) is 23.0 Å². The Morgan fingerprint density at radius 2 is 1.60 bits per heavy atom. The second-order valence-corrected chi connectivity index (χ2v) is 1.02. The van der Waals surface area contributed by atoms with Gasteiger partial charge in [-0.2, -0.15) is 0 Å². The molecule has 0 aliphatic heterocycles. The summed E-state index contributed by atoms with van der Waals surface area (Å²) < 4.78 is 32.2. The molecule has 0 aromatic carbocycles. The molecule has 0 fully saturated rings. The monoisotopic (exact) mass is 162 g/mol. The van der Waals surface area contributed by atoms with E-state index in [4.69, 9.17) is 15.3 Å². The van der Waals surface area contributed by atoms with Gasteiger partial charge in [-0.1, -0.05) is 0 Å². The molecule has 0 aliphatic rings. The van der Waals surface area contributed by atoms with Gasteiger partial charge in [0.2, 0.25) is 6.30 Å². The van der Waals surface area contributed by atoms with Gasteiger partial charge < -0.3 is 5.21 Å². The summed E-state index contributed by atoms with van der Waals surface area (Å²) in [6.45, 7) is 0. The van der Waals surface area contributed by atoms with Crippen LogP contribution in [0.25, 0.3) is 0 Å². The third kappa shape index (κ3) is 28.3. The molecular formula is C2H5F3N2O3. The molecule has 0 aliphatic carbocycles. The average Bonchev–Trinajstić information content (AvgIpc) is 1.63. The summed E-state index contributed by atoms with van der Waals surface area (Å²) in [6, 6.07) is 0. The highest BCUT2D eigenvalue weighted by Gasteiger charge is 2.11. The first-order valence-corrected chi connectivity index (χ1v) is 1.89. The summed E-state index contributed by atoms with van der Waals surface area (Å²) in [6.07, 6.45) is -5.52. The van der Waals surface area contributed by atoms with E-state index in [-0.39, 0.29) is 0 Å². The van der Waals surface area contributed by atoms with E-state index in [1.165, 1.54) is 0 Å². The van der Waals surface area contributed by atoms with Crippen LogP contribution in [0.2, 0.25) is 0 Å². The van der Waals surface area contributed by atoms with Crippen molar-refractivity contribution in [3.8, 4) is 0 Å². The first-order chi connectivity index (χ1) is 4.37. The molecule has 1 unspecified atom stereocenters. The highest BCUT2D eigenvalue weighted by Crippen LogP contribution is 1.96. The minimum absolute atomic E-state index is 1.50. The molecule has 62 valence electrons. The van der Waals surface area contributed by atoms with Crippen molar-refractivity contribution in [3.05, 3.63) is 10.1 Å². The SMILES string of the molecule is NC(F)C(F)F.O=[N+]([O-])O. The van der Waals surface area contributed by atoms with Crippen LogP contribution in [0.3, 0.4) is 0 Å². The van der Waals surface area contributed by atoms with Crippen LogP contribution in [-0.2, 0) is 0 Å². The number of alkyl halides is 3. The maximum Gasteiger partial charge on any atom is 0.291 e. The van der Waals surface area contributed by atoms with Crippen LogP contribution in [0.4, 0.5) is 13.2 Å². The van der Waals surface area contributed by atoms with E-state index < -0.39 is 17.8 Å². The lowest BCUT2D eigenvalue weighted by Crippen LogP contribution is -2.22. The maximum atomic E-state index is 10.9. The Labute approximate surface area is 53.3 Å². The lowest BCUT2D eigenvalue weighted by atomic mass is 10.7. The van der Waals surface area contributed by atoms with E-state index in [0.717, 1.165) is 0 Å². The third-order valence-electron chi connectivity index (χ3n) is 0.241. The van der Waals surface area contributed by atoms with Crippen LogP contribution in [0, 0.1) is 10.1 Å². The summed E-state index contributed by atoms with van der Waals surface area (Å²) in [4.78, 5) is 8.36. The van der Waals surface area contributed by atoms with Gasteiger partial charge in [-0.3, -0.25) is 5.73 Å². The van der Waals surface area contributed by atoms with Crippen molar-refractivity contribution in [2.75, 3.05) is 0 Å². The van der Waals surface area contributed by atoms with Crippen LogP contribution < -0.4 is 5.73 Å². The van der Waals surface area contributed by atoms with Gasteiger partial charge in [-0.25, -0.2) is 13.2 Å². The zero-order valence-electron chi connectivity index (χ0n) is 4.58. The van der Waals surface area contributed by atoms with Gasteiger partial charge in [0.25, 0.3) is 11.5 Å². The molecule has 5 nitrogen and oxygen atoms in total. The van der Waals surface area contributed by atoms with Crippen molar-refractivity contribution >= 4 is 0 Å². The molecule has 10 heavy (non-hydrogen) atoms. The van der Waals surface area contributed by atoms with Crippen molar-refractivity contribution < 1.29 is 23.5 Å². The second kappa shape index (κ2) is 6.08. The first kappa shape index (κ1) is 11.7. The van der Waals surface area contributed by atoms with E-state index in [2.05, 4.69) is 5.73 Å². The van der Waals surface area contributed by atoms with E-state index >= 15 is 0 Å². The minimum Gasteiger partial charge on any atom is -0.328 e. The molecule has 1 atom stereocenters. The fourth-order valence-electron chi connectivity index (χ4n) is 0. The standard InChI is InChI=1S/C2H4F3N.HNO3/c3-1(4)2(5)6;2-1(3)4/h1-2H,6H2;(H,2,3,4). The second-order valence-electron chi connectivity index (χ2n) is 1.02. The van der Waals surface area contributed by atoms with Crippen molar-refractivity contribution in [3.63, 3.8) is 0 Å². The fourth-order valence-corrected chi connectivity index (χ4v) is 0. The summed E-state index contributed by atoms with van der Waals surface area (Å²) in [5.41, 5.74) is 4.02. The quantitative estimate of drug-likeness (QED) is 0.326. The molecule has 0 rings (SSSR count). The van der Waals surface area contributed by atoms with Gasteiger partial charge in [0, 0.05) is 0 Å². The molecule has 0 saturated carbocycles. The van der Waals surface area contributed by atoms with Gasteiger partial charge in [0.15, 0.2) is 0 Å². The highest BCUT2D eigenvalue weighted by atomic mass is 19.3. The number of hydrogen-bond donors (Lipinski definition) is 2. The molecule has 0 bridgehead atoms. The van der Waals surface area contributed by atoms with E-state index in [1.807, 2.05) is 0 Å². The van der Waals surface area contributed by atoms with Gasteiger partial charge in [0.05, 0.1) is 0 Å². The summed E-state index contributed by atoms with van der Waals surface area (Å²) in [5, 5.41) is 13.6.